The van der Waals surface area contributed by atoms with Crippen LogP contribution in [-0.2, 0) is 28.6 Å². The van der Waals surface area contributed by atoms with Gasteiger partial charge in [-0.25, -0.2) is 0 Å². The Hall–Kier alpha value is -1.59. The quantitative estimate of drug-likeness (QED) is 0.0353. The first-order chi connectivity index (χ1) is 25.4. The molecule has 0 rings (SSSR count). The van der Waals surface area contributed by atoms with Crippen molar-refractivity contribution in [2.75, 3.05) is 13.2 Å². The third kappa shape index (κ3) is 39.6. The predicted molar refractivity (Wildman–Crippen MR) is 220 cm³/mol. The van der Waals surface area contributed by atoms with E-state index in [1.54, 1.807) is 0 Å². The Morgan fingerprint density at radius 3 is 0.942 bits per heavy atom. The maximum absolute atomic E-state index is 12.7. The molecule has 52 heavy (non-hydrogen) atoms. The second kappa shape index (κ2) is 40.6. The van der Waals surface area contributed by atoms with E-state index in [4.69, 9.17) is 14.2 Å². The van der Waals surface area contributed by atoms with Gasteiger partial charge in [0.2, 0.25) is 0 Å². The average Bonchev–Trinajstić information content (AvgIpc) is 3.12. The number of hydrogen-bond donors (Lipinski definition) is 0. The summed E-state index contributed by atoms with van der Waals surface area (Å²) in [7, 11) is 0. The molecule has 0 amide bonds. The van der Waals surface area contributed by atoms with Gasteiger partial charge in [0.05, 0.1) is 0 Å². The summed E-state index contributed by atoms with van der Waals surface area (Å²) in [5, 5.41) is 0. The highest BCUT2D eigenvalue weighted by Gasteiger charge is 2.19. The first-order valence-electron chi connectivity index (χ1n) is 22.9. The summed E-state index contributed by atoms with van der Waals surface area (Å²) in [5.74, 6) is -0.0379. The van der Waals surface area contributed by atoms with Gasteiger partial charge in [-0.2, -0.15) is 0 Å². The van der Waals surface area contributed by atoms with E-state index in [0.29, 0.717) is 19.3 Å². The van der Waals surface area contributed by atoms with E-state index in [1.165, 1.54) is 148 Å². The molecule has 0 heterocycles. The molecule has 0 N–H and O–H groups in total. The highest BCUT2D eigenvalue weighted by Crippen LogP contribution is 2.16. The molecule has 0 aromatic heterocycles. The van der Waals surface area contributed by atoms with E-state index in [1.807, 2.05) is 0 Å². The highest BCUT2D eigenvalue weighted by molar-refractivity contribution is 5.71. The largest absolute Gasteiger partial charge is 0.462 e. The lowest BCUT2D eigenvalue weighted by Gasteiger charge is -2.18. The molecule has 0 aliphatic rings. The van der Waals surface area contributed by atoms with Gasteiger partial charge < -0.3 is 14.2 Å². The van der Waals surface area contributed by atoms with Gasteiger partial charge in [-0.3, -0.25) is 14.4 Å². The molecule has 6 nitrogen and oxygen atoms in total. The Morgan fingerprint density at radius 2 is 0.635 bits per heavy atom. The second-order valence-electron chi connectivity index (χ2n) is 16.2. The monoisotopic (exact) mass is 737 g/mol. The molecule has 0 aromatic rings. The molecule has 0 bridgehead atoms. The van der Waals surface area contributed by atoms with Crippen LogP contribution in [0.15, 0.2) is 0 Å². The van der Waals surface area contributed by atoms with Crippen LogP contribution in [-0.4, -0.2) is 37.2 Å². The fourth-order valence-electron chi connectivity index (χ4n) is 6.80. The van der Waals surface area contributed by atoms with E-state index in [2.05, 4.69) is 27.7 Å². The first kappa shape index (κ1) is 50.4. The smallest absolute Gasteiger partial charge is 0.306 e. The van der Waals surface area contributed by atoms with Crippen molar-refractivity contribution in [3.05, 3.63) is 0 Å². The zero-order valence-corrected chi connectivity index (χ0v) is 35.3. The Balaban J connectivity index is 4.30. The van der Waals surface area contributed by atoms with Crippen molar-refractivity contribution in [2.24, 2.45) is 5.92 Å². The topological polar surface area (TPSA) is 78.9 Å². The van der Waals surface area contributed by atoms with Crippen molar-refractivity contribution in [1.29, 1.82) is 0 Å². The minimum atomic E-state index is -0.758. The maximum Gasteiger partial charge on any atom is 0.306 e. The molecule has 308 valence electrons. The van der Waals surface area contributed by atoms with Crippen LogP contribution >= 0.6 is 0 Å². The lowest BCUT2D eigenvalue weighted by molar-refractivity contribution is -0.167. The van der Waals surface area contributed by atoms with Crippen molar-refractivity contribution in [3.63, 3.8) is 0 Å². The zero-order valence-electron chi connectivity index (χ0n) is 35.3. The van der Waals surface area contributed by atoms with E-state index < -0.39 is 6.10 Å². The minimum Gasteiger partial charge on any atom is -0.462 e. The van der Waals surface area contributed by atoms with E-state index in [0.717, 1.165) is 63.7 Å². The second-order valence-corrected chi connectivity index (χ2v) is 16.2. The fourth-order valence-corrected chi connectivity index (χ4v) is 6.80. The van der Waals surface area contributed by atoms with Crippen LogP contribution in [0.1, 0.15) is 252 Å². The van der Waals surface area contributed by atoms with Crippen LogP contribution in [0.4, 0.5) is 0 Å². The normalized spacial score (nSPS) is 11.9. The summed E-state index contributed by atoms with van der Waals surface area (Å²) in [6, 6.07) is 0. The molecule has 0 saturated carbocycles. The molecule has 0 aliphatic carbocycles. The molecular weight excluding hydrogens is 648 g/mol. The van der Waals surface area contributed by atoms with Crippen molar-refractivity contribution < 1.29 is 28.6 Å². The molecule has 0 radical (unpaired) electrons. The van der Waals surface area contributed by atoms with Crippen LogP contribution in [0.3, 0.4) is 0 Å². The van der Waals surface area contributed by atoms with Crippen molar-refractivity contribution in [3.8, 4) is 0 Å². The lowest BCUT2D eigenvalue weighted by Crippen LogP contribution is -2.30. The summed E-state index contributed by atoms with van der Waals surface area (Å²) in [6.07, 6.45) is 39.4. The molecule has 6 heteroatoms. The predicted octanol–water partition coefficient (Wildman–Crippen LogP) is 14.3. The Bertz CT molecular complexity index is 781. The molecule has 0 aliphatic heterocycles. The van der Waals surface area contributed by atoms with E-state index >= 15 is 0 Å². The zero-order chi connectivity index (χ0) is 38.2. The third-order valence-electron chi connectivity index (χ3n) is 10.3. The summed E-state index contributed by atoms with van der Waals surface area (Å²) in [4.78, 5) is 37.6. The number of esters is 3. The molecule has 0 spiro atoms. The van der Waals surface area contributed by atoms with Crippen LogP contribution in [0.25, 0.3) is 0 Å². The van der Waals surface area contributed by atoms with Crippen molar-refractivity contribution in [2.45, 2.75) is 259 Å². The number of ether oxygens (including phenoxy) is 3. The van der Waals surface area contributed by atoms with E-state index in [-0.39, 0.29) is 31.1 Å². The Morgan fingerprint density at radius 1 is 0.365 bits per heavy atom. The Labute approximate surface area is 323 Å². The standard InChI is InChI=1S/C46H88O6/c1-5-7-9-11-13-15-16-17-22-25-29-33-37-44(47)50-40-43(52-46(49)39-35-31-27-20-14-12-10-8-6-2)41-51-45(48)38-34-30-26-23-19-18-21-24-28-32-36-42(3)4/h42-43H,5-41H2,1-4H3/t43-/m0/s1. The number of rotatable bonds is 41. The first-order valence-corrected chi connectivity index (χ1v) is 22.9. The van der Waals surface area contributed by atoms with Gasteiger partial charge in [-0.05, 0) is 25.2 Å². The van der Waals surface area contributed by atoms with Gasteiger partial charge in [-0.15, -0.1) is 0 Å². The van der Waals surface area contributed by atoms with Gasteiger partial charge in [0.25, 0.3) is 0 Å². The van der Waals surface area contributed by atoms with Gasteiger partial charge in [0, 0.05) is 19.3 Å². The maximum atomic E-state index is 12.7. The number of unbranched alkanes of at least 4 members (excludes halogenated alkanes) is 28. The number of carbonyl (C=O) groups is 3. The molecule has 1 atom stereocenters. The summed E-state index contributed by atoms with van der Waals surface area (Å²) in [6.45, 7) is 8.96. The van der Waals surface area contributed by atoms with Gasteiger partial charge in [0.15, 0.2) is 6.10 Å². The molecular formula is C46H88O6. The SMILES string of the molecule is CCCCCCCCCCCCCCC(=O)OC[C@@H](COC(=O)CCCCCCCCCCCCC(C)C)OC(=O)CCCCCCCCCCC. The van der Waals surface area contributed by atoms with Crippen LogP contribution in [0, 0.1) is 5.92 Å². The summed E-state index contributed by atoms with van der Waals surface area (Å²) >= 11 is 0. The van der Waals surface area contributed by atoms with Crippen LogP contribution in [0.2, 0.25) is 0 Å². The lowest BCUT2D eigenvalue weighted by atomic mass is 10.0. The third-order valence-corrected chi connectivity index (χ3v) is 10.3. The van der Waals surface area contributed by atoms with Crippen molar-refractivity contribution >= 4 is 17.9 Å². The number of hydrogen-bond acceptors (Lipinski definition) is 6. The summed E-state index contributed by atoms with van der Waals surface area (Å²) in [5.41, 5.74) is 0. The molecule has 0 aromatic carbocycles. The fraction of sp³-hybridized carbons (Fsp3) is 0.935. The van der Waals surface area contributed by atoms with Crippen molar-refractivity contribution in [1.82, 2.24) is 0 Å². The van der Waals surface area contributed by atoms with Crippen LogP contribution in [0.5, 0.6) is 0 Å². The molecule has 0 fully saturated rings. The van der Waals surface area contributed by atoms with Gasteiger partial charge in [-0.1, -0.05) is 214 Å². The highest BCUT2D eigenvalue weighted by atomic mass is 16.6. The minimum absolute atomic E-state index is 0.0639. The van der Waals surface area contributed by atoms with Gasteiger partial charge in [0.1, 0.15) is 13.2 Å². The number of carbonyl (C=O) groups excluding carboxylic acids is 3. The molecule has 0 saturated heterocycles. The van der Waals surface area contributed by atoms with Crippen LogP contribution < -0.4 is 0 Å². The van der Waals surface area contributed by atoms with Gasteiger partial charge >= 0.3 is 17.9 Å². The Kier molecular flexibility index (Phi) is 39.4. The molecule has 0 unspecified atom stereocenters. The summed E-state index contributed by atoms with van der Waals surface area (Å²) < 4.78 is 16.7. The average molecular weight is 737 g/mol. The van der Waals surface area contributed by atoms with E-state index in [9.17, 15) is 14.4 Å².